The van der Waals surface area contributed by atoms with Gasteiger partial charge in [0.15, 0.2) is 5.76 Å². The summed E-state index contributed by atoms with van der Waals surface area (Å²) in [4.78, 5) is 35.3. The Bertz CT molecular complexity index is 739. The molecule has 0 aromatic carbocycles. The Morgan fingerprint density at radius 2 is 2.00 bits per heavy atom. The van der Waals surface area contributed by atoms with Crippen LogP contribution in [0, 0.1) is 0 Å². The number of hydrogen-bond donors (Lipinski definition) is 2. The fraction of sp³-hybridized carbons (Fsp3) is 0.182. The lowest BCUT2D eigenvalue weighted by molar-refractivity contribution is 0.0996. The average molecular weight is 264 g/mol. The molecular formula is C11H12N4O4. The van der Waals surface area contributed by atoms with E-state index in [0.29, 0.717) is 0 Å². The standard InChI is InChI=1S/C11H12N4O4/c1-14-8(12)7(10(17)15(2)11(14)18)13-9(16)6-4-3-5-19-6/h3-5H,12H2,1-2H3,(H,13,16). The third-order valence-electron chi connectivity index (χ3n) is 2.69. The summed E-state index contributed by atoms with van der Waals surface area (Å²) in [6, 6.07) is 2.98. The van der Waals surface area contributed by atoms with Crippen LogP contribution in [0.15, 0.2) is 32.4 Å². The fourth-order valence-electron chi connectivity index (χ4n) is 1.56. The number of rotatable bonds is 2. The van der Waals surface area contributed by atoms with E-state index in [1.165, 1.54) is 32.5 Å². The first-order valence-corrected chi connectivity index (χ1v) is 5.34. The minimum atomic E-state index is -0.680. The van der Waals surface area contributed by atoms with E-state index in [4.69, 9.17) is 10.2 Å². The van der Waals surface area contributed by atoms with Crippen molar-refractivity contribution < 1.29 is 9.21 Å². The molecule has 0 fully saturated rings. The number of nitrogen functional groups attached to an aromatic ring is 1. The summed E-state index contributed by atoms with van der Waals surface area (Å²) in [6.07, 6.45) is 1.33. The molecule has 100 valence electrons. The van der Waals surface area contributed by atoms with Crippen LogP contribution < -0.4 is 22.3 Å². The van der Waals surface area contributed by atoms with E-state index < -0.39 is 17.2 Å². The number of amides is 1. The Balaban J connectivity index is 2.50. The first kappa shape index (κ1) is 12.7. The lowest BCUT2D eigenvalue weighted by Crippen LogP contribution is -2.40. The average Bonchev–Trinajstić information content (AvgIpc) is 2.93. The lowest BCUT2D eigenvalue weighted by Gasteiger charge is -2.11. The van der Waals surface area contributed by atoms with Gasteiger partial charge in [0, 0.05) is 14.1 Å². The molecule has 0 aliphatic rings. The fourth-order valence-corrected chi connectivity index (χ4v) is 1.56. The number of nitrogens with two attached hydrogens (primary N) is 1. The Morgan fingerprint density at radius 1 is 1.32 bits per heavy atom. The smallest absolute Gasteiger partial charge is 0.332 e. The van der Waals surface area contributed by atoms with Crippen molar-refractivity contribution in [2.24, 2.45) is 14.1 Å². The zero-order valence-electron chi connectivity index (χ0n) is 10.3. The molecule has 0 saturated heterocycles. The van der Waals surface area contributed by atoms with Gasteiger partial charge < -0.3 is 15.5 Å². The lowest BCUT2D eigenvalue weighted by atomic mass is 10.3. The molecule has 0 spiro atoms. The molecule has 0 radical (unpaired) electrons. The normalized spacial score (nSPS) is 10.4. The number of nitrogens with one attached hydrogen (secondary N) is 1. The Kier molecular flexibility index (Phi) is 2.99. The maximum absolute atomic E-state index is 11.9. The Morgan fingerprint density at radius 3 is 2.58 bits per heavy atom. The van der Waals surface area contributed by atoms with E-state index in [0.717, 1.165) is 9.13 Å². The second-order valence-corrected chi connectivity index (χ2v) is 3.90. The van der Waals surface area contributed by atoms with Crippen LogP contribution in [-0.2, 0) is 14.1 Å². The number of anilines is 2. The molecule has 2 rings (SSSR count). The van der Waals surface area contributed by atoms with Crippen molar-refractivity contribution in [3.8, 4) is 0 Å². The summed E-state index contributed by atoms with van der Waals surface area (Å²) in [5, 5.41) is 2.34. The van der Waals surface area contributed by atoms with Crippen molar-refractivity contribution in [1.82, 2.24) is 9.13 Å². The molecule has 0 aliphatic carbocycles. The minimum absolute atomic E-state index is 0.0373. The molecule has 1 amide bonds. The Hall–Kier alpha value is -2.77. The van der Waals surface area contributed by atoms with Gasteiger partial charge in [-0.05, 0) is 12.1 Å². The van der Waals surface area contributed by atoms with Crippen LogP contribution >= 0.6 is 0 Å². The molecule has 19 heavy (non-hydrogen) atoms. The second-order valence-electron chi connectivity index (χ2n) is 3.90. The van der Waals surface area contributed by atoms with Crippen molar-refractivity contribution in [2.45, 2.75) is 0 Å². The molecule has 2 heterocycles. The zero-order valence-corrected chi connectivity index (χ0v) is 10.3. The van der Waals surface area contributed by atoms with E-state index in [-0.39, 0.29) is 17.3 Å². The molecule has 2 aromatic heterocycles. The van der Waals surface area contributed by atoms with Crippen LogP contribution in [0.4, 0.5) is 11.5 Å². The highest BCUT2D eigenvalue weighted by Crippen LogP contribution is 2.11. The van der Waals surface area contributed by atoms with E-state index in [1.54, 1.807) is 0 Å². The van der Waals surface area contributed by atoms with E-state index in [9.17, 15) is 14.4 Å². The zero-order chi connectivity index (χ0) is 14.2. The molecule has 0 bridgehead atoms. The van der Waals surface area contributed by atoms with Gasteiger partial charge in [-0.2, -0.15) is 0 Å². The number of furan rings is 1. The molecule has 0 unspecified atom stereocenters. The van der Waals surface area contributed by atoms with Crippen LogP contribution in [0.1, 0.15) is 10.6 Å². The van der Waals surface area contributed by atoms with Crippen LogP contribution in [0.2, 0.25) is 0 Å². The first-order valence-electron chi connectivity index (χ1n) is 5.34. The SMILES string of the molecule is Cn1c(N)c(NC(=O)c2ccco2)c(=O)n(C)c1=O. The maximum Gasteiger partial charge on any atom is 0.332 e. The van der Waals surface area contributed by atoms with Gasteiger partial charge in [0.25, 0.3) is 11.5 Å². The van der Waals surface area contributed by atoms with Crippen molar-refractivity contribution in [1.29, 1.82) is 0 Å². The highest BCUT2D eigenvalue weighted by Gasteiger charge is 2.17. The minimum Gasteiger partial charge on any atom is -0.459 e. The summed E-state index contributed by atoms with van der Waals surface area (Å²) in [5.74, 6) is -0.698. The largest absolute Gasteiger partial charge is 0.459 e. The highest BCUT2D eigenvalue weighted by atomic mass is 16.3. The maximum atomic E-state index is 11.9. The van der Waals surface area contributed by atoms with E-state index in [1.807, 2.05) is 0 Å². The van der Waals surface area contributed by atoms with Gasteiger partial charge in [-0.25, -0.2) is 4.79 Å². The van der Waals surface area contributed by atoms with Crippen molar-refractivity contribution in [3.63, 3.8) is 0 Å². The Labute approximate surface area is 107 Å². The first-order chi connectivity index (χ1) is 8.93. The van der Waals surface area contributed by atoms with Gasteiger partial charge in [0.05, 0.1) is 6.26 Å². The predicted molar refractivity (Wildman–Crippen MR) is 68.0 cm³/mol. The van der Waals surface area contributed by atoms with Crippen molar-refractivity contribution in [2.75, 3.05) is 11.1 Å². The molecule has 3 N–H and O–H groups in total. The van der Waals surface area contributed by atoms with E-state index in [2.05, 4.69) is 5.32 Å². The highest BCUT2D eigenvalue weighted by molar-refractivity contribution is 6.03. The third-order valence-corrected chi connectivity index (χ3v) is 2.69. The summed E-state index contributed by atoms with van der Waals surface area (Å²) in [7, 11) is 2.70. The van der Waals surface area contributed by atoms with Crippen LogP contribution in [-0.4, -0.2) is 15.0 Å². The van der Waals surface area contributed by atoms with Gasteiger partial charge in [0.1, 0.15) is 11.5 Å². The molecule has 2 aromatic rings. The molecule has 0 aliphatic heterocycles. The van der Waals surface area contributed by atoms with Gasteiger partial charge in [-0.1, -0.05) is 0 Å². The number of carbonyl (C=O) groups is 1. The monoisotopic (exact) mass is 264 g/mol. The quantitative estimate of drug-likeness (QED) is 0.760. The molecule has 8 nitrogen and oxygen atoms in total. The van der Waals surface area contributed by atoms with E-state index >= 15 is 0 Å². The topological polar surface area (TPSA) is 112 Å². The summed E-state index contributed by atoms with van der Waals surface area (Å²) in [6.45, 7) is 0. The number of carbonyl (C=O) groups excluding carboxylic acids is 1. The molecular weight excluding hydrogens is 252 g/mol. The summed E-state index contributed by atoms with van der Waals surface area (Å²) < 4.78 is 6.83. The number of hydrogen-bond acceptors (Lipinski definition) is 5. The molecule has 0 atom stereocenters. The van der Waals surface area contributed by atoms with Gasteiger partial charge in [-0.15, -0.1) is 0 Å². The van der Waals surface area contributed by atoms with Gasteiger partial charge in [0.2, 0.25) is 0 Å². The van der Waals surface area contributed by atoms with Gasteiger partial charge >= 0.3 is 5.69 Å². The van der Waals surface area contributed by atoms with Gasteiger partial charge in [-0.3, -0.25) is 18.7 Å². The molecule has 0 saturated carbocycles. The summed E-state index contributed by atoms with van der Waals surface area (Å²) in [5.41, 5.74) is 4.25. The summed E-state index contributed by atoms with van der Waals surface area (Å²) >= 11 is 0. The van der Waals surface area contributed by atoms with Crippen molar-refractivity contribution in [3.05, 3.63) is 45.0 Å². The van der Waals surface area contributed by atoms with Crippen molar-refractivity contribution >= 4 is 17.4 Å². The van der Waals surface area contributed by atoms with Crippen LogP contribution in [0.5, 0.6) is 0 Å². The third kappa shape index (κ3) is 2.03. The predicted octanol–water partition coefficient (Wildman–Crippen LogP) is -0.489. The second kappa shape index (κ2) is 4.48. The van der Waals surface area contributed by atoms with Crippen LogP contribution in [0.25, 0.3) is 0 Å². The number of aromatic nitrogens is 2. The van der Waals surface area contributed by atoms with Crippen LogP contribution in [0.3, 0.4) is 0 Å². The number of nitrogens with zero attached hydrogens (tertiary/aromatic N) is 2. The molecule has 8 heteroatoms.